The second kappa shape index (κ2) is 10.7. The van der Waals surface area contributed by atoms with Crippen LogP contribution >= 0.6 is 0 Å². The lowest BCUT2D eigenvalue weighted by Gasteiger charge is -2.12. The van der Waals surface area contributed by atoms with E-state index in [1.54, 1.807) is 24.3 Å². The summed E-state index contributed by atoms with van der Waals surface area (Å²) in [5.74, 6) is -2.36. The number of benzene rings is 2. The number of aliphatic carboxylic acids is 1. The van der Waals surface area contributed by atoms with E-state index in [0.717, 1.165) is 18.7 Å². The Hall–Kier alpha value is -3.96. The summed E-state index contributed by atoms with van der Waals surface area (Å²) in [4.78, 5) is 33.3. The Morgan fingerprint density at radius 1 is 1.19 bits per heavy atom. The van der Waals surface area contributed by atoms with Gasteiger partial charge in [-0.1, -0.05) is 12.1 Å². The molecule has 31 heavy (non-hydrogen) atoms. The summed E-state index contributed by atoms with van der Waals surface area (Å²) in [6, 6.07) is 8.14. The third-order valence-corrected chi connectivity index (χ3v) is 3.92. The summed E-state index contributed by atoms with van der Waals surface area (Å²) in [7, 11) is 1.14. The first kappa shape index (κ1) is 23.3. The number of hydrogen-bond acceptors (Lipinski definition) is 7. The molecule has 166 valence electrons. The summed E-state index contributed by atoms with van der Waals surface area (Å²) in [6.07, 6.45) is 0.364. The maximum absolute atomic E-state index is 12.5. The third kappa shape index (κ3) is 6.80. The predicted octanol–water partition coefficient (Wildman–Crippen LogP) is 2.64. The van der Waals surface area contributed by atoms with Crippen LogP contribution in [0.5, 0.6) is 17.2 Å². The van der Waals surface area contributed by atoms with Crippen LogP contribution < -0.4 is 19.5 Å². The van der Waals surface area contributed by atoms with Crippen LogP contribution in [0.25, 0.3) is 0 Å². The molecule has 0 atom stereocenters. The normalized spacial score (nSPS) is 10.5. The number of alkyl halides is 2. The molecule has 10 nitrogen and oxygen atoms in total. The molecule has 0 saturated heterocycles. The van der Waals surface area contributed by atoms with Crippen molar-refractivity contribution in [2.75, 3.05) is 20.3 Å². The Balaban J connectivity index is 2.06. The van der Waals surface area contributed by atoms with E-state index in [-0.39, 0.29) is 17.9 Å². The SMILES string of the molecule is COc1cc(C(=O)NCCc2ccc(OCC(=O)O)cc2)c([N+](=O)[O-])cc1OC(F)F. The second-order valence-corrected chi connectivity index (χ2v) is 5.99. The summed E-state index contributed by atoms with van der Waals surface area (Å²) in [6.45, 7) is -3.59. The molecule has 0 radical (unpaired) electrons. The van der Waals surface area contributed by atoms with Gasteiger partial charge in [0.25, 0.3) is 11.6 Å². The number of carbonyl (C=O) groups excluding carboxylic acids is 1. The first-order valence-corrected chi connectivity index (χ1v) is 8.74. The van der Waals surface area contributed by atoms with Gasteiger partial charge in [-0.15, -0.1) is 0 Å². The summed E-state index contributed by atoms with van der Waals surface area (Å²) >= 11 is 0. The Morgan fingerprint density at radius 2 is 1.87 bits per heavy atom. The number of hydrogen-bond donors (Lipinski definition) is 2. The molecule has 0 aliphatic rings. The van der Waals surface area contributed by atoms with Crippen LogP contribution in [0, 0.1) is 10.1 Å². The summed E-state index contributed by atoms with van der Waals surface area (Å²) in [5.41, 5.74) is -0.300. The topological polar surface area (TPSA) is 137 Å². The molecule has 0 bridgehead atoms. The van der Waals surface area contributed by atoms with Crippen LogP contribution in [0.15, 0.2) is 36.4 Å². The molecule has 0 spiro atoms. The van der Waals surface area contributed by atoms with Gasteiger partial charge in [0.2, 0.25) is 0 Å². The van der Waals surface area contributed by atoms with Crippen LogP contribution in [0.3, 0.4) is 0 Å². The number of carboxylic acid groups (broad SMARTS) is 1. The van der Waals surface area contributed by atoms with E-state index in [1.165, 1.54) is 0 Å². The standard InChI is InChI=1S/C19H18F2N2O8/c1-29-15-8-13(14(23(27)28)9-16(15)31-19(20)21)18(26)22-7-6-11-2-4-12(5-3-11)30-10-17(24)25/h2-5,8-9,19H,6-7,10H2,1H3,(H,22,26)(H,24,25). The number of carboxylic acids is 1. The zero-order valence-corrected chi connectivity index (χ0v) is 16.2. The smallest absolute Gasteiger partial charge is 0.387 e. The molecule has 2 aromatic carbocycles. The fourth-order valence-electron chi connectivity index (χ4n) is 2.54. The van der Waals surface area contributed by atoms with Crippen molar-refractivity contribution in [3.8, 4) is 17.2 Å². The number of amides is 1. The van der Waals surface area contributed by atoms with Crippen molar-refractivity contribution in [2.45, 2.75) is 13.0 Å². The van der Waals surface area contributed by atoms with Gasteiger partial charge in [-0.25, -0.2) is 4.79 Å². The number of carbonyl (C=O) groups is 2. The molecule has 0 aromatic heterocycles. The van der Waals surface area contributed by atoms with Gasteiger partial charge in [0.15, 0.2) is 18.1 Å². The number of nitro benzene ring substituents is 1. The van der Waals surface area contributed by atoms with Crippen molar-refractivity contribution < 1.29 is 42.6 Å². The fraction of sp³-hybridized carbons (Fsp3) is 0.263. The number of nitrogens with one attached hydrogen (secondary N) is 1. The largest absolute Gasteiger partial charge is 0.493 e. The van der Waals surface area contributed by atoms with E-state index in [4.69, 9.17) is 14.6 Å². The molecule has 0 heterocycles. The van der Waals surface area contributed by atoms with Crippen molar-refractivity contribution in [2.24, 2.45) is 0 Å². The molecule has 1 amide bonds. The first-order valence-electron chi connectivity index (χ1n) is 8.74. The molecule has 12 heteroatoms. The molecule has 0 saturated carbocycles. The van der Waals surface area contributed by atoms with Gasteiger partial charge in [0, 0.05) is 12.6 Å². The van der Waals surface area contributed by atoms with Crippen molar-refractivity contribution in [1.82, 2.24) is 5.32 Å². The lowest BCUT2D eigenvalue weighted by Crippen LogP contribution is -2.26. The second-order valence-electron chi connectivity index (χ2n) is 5.99. The van der Waals surface area contributed by atoms with E-state index >= 15 is 0 Å². The molecule has 2 N–H and O–H groups in total. The molecule has 2 rings (SSSR count). The van der Waals surface area contributed by atoms with Crippen LogP contribution in [0.2, 0.25) is 0 Å². The van der Waals surface area contributed by atoms with Gasteiger partial charge in [-0.2, -0.15) is 8.78 Å². The minimum atomic E-state index is -3.23. The number of methoxy groups -OCH3 is 1. The average Bonchev–Trinajstić information content (AvgIpc) is 2.72. The van der Waals surface area contributed by atoms with E-state index in [2.05, 4.69) is 10.1 Å². The molecule has 0 aliphatic carbocycles. The highest BCUT2D eigenvalue weighted by atomic mass is 19.3. The van der Waals surface area contributed by atoms with Gasteiger partial charge >= 0.3 is 12.6 Å². The van der Waals surface area contributed by atoms with Crippen LogP contribution in [0.1, 0.15) is 15.9 Å². The Bertz CT molecular complexity index is 951. The highest BCUT2D eigenvalue weighted by Crippen LogP contribution is 2.35. The Morgan fingerprint density at radius 3 is 2.42 bits per heavy atom. The number of nitrogens with zero attached hydrogens (tertiary/aromatic N) is 1. The Labute approximate surface area is 174 Å². The van der Waals surface area contributed by atoms with Crippen molar-refractivity contribution in [1.29, 1.82) is 0 Å². The van der Waals surface area contributed by atoms with Crippen molar-refractivity contribution in [3.05, 3.63) is 57.6 Å². The quantitative estimate of drug-likeness (QED) is 0.402. The van der Waals surface area contributed by atoms with E-state index in [0.29, 0.717) is 18.2 Å². The van der Waals surface area contributed by atoms with Gasteiger partial charge in [0.05, 0.1) is 18.1 Å². The highest BCUT2D eigenvalue weighted by molar-refractivity contribution is 5.99. The van der Waals surface area contributed by atoms with E-state index in [9.17, 15) is 28.5 Å². The summed E-state index contributed by atoms with van der Waals surface area (Å²) < 4.78 is 39.1. The summed E-state index contributed by atoms with van der Waals surface area (Å²) in [5, 5.41) is 22.4. The van der Waals surface area contributed by atoms with Crippen molar-refractivity contribution >= 4 is 17.6 Å². The Kier molecular flexibility index (Phi) is 8.06. The lowest BCUT2D eigenvalue weighted by atomic mass is 10.1. The molecular formula is C19H18F2N2O8. The van der Waals surface area contributed by atoms with Crippen LogP contribution in [-0.4, -0.2) is 48.8 Å². The third-order valence-electron chi connectivity index (χ3n) is 3.92. The maximum Gasteiger partial charge on any atom is 0.387 e. The maximum atomic E-state index is 12.5. The molecular weight excluding hydrogens is 422 g/mol. The average molecular weight is 440 g/mol. The van der Waals surface area contributed by atoms with Crippen molar-refractivity contribution in [3.63, 3.8) is 0 Å². The van der Waals surface area contributed by atoms with Gasteiger partial charge < -0.3 is 24.6 Å². The zero-order valence-electron chi connectivity index (χ0n) is 16.2. The molecule has 0 fully saturated rings. The zero-order chi connectivity index (χ0) is 23.0. The van der Waals surface area contributed by atoms with Crippen LogP contribution in [0.4, 0.5) is 14.5 Å². The number of ether oxygens (including phenoxy) is 3. The monoisotopic (exact) mass is 440 g/mol. The fourth-order valence-corrected chi connectivity index (χ4v) is 2.54. The number of halogens is 2. The van der Waals surface area contributed by atoms with E-state index in [1.807, 2.05) is 0 Å². The van der Waals surface area contributed by atoms with Gasteiger partial charge in [-0.3, -0.25) is 14.9 Å². The minimum absolute atomic E-state index is 0.114. The lowest BCUT2D eigenvalue weighted by molar-refractivity contribution is -0.385. The minimum Gasteiger partial charge on any atom is -0.493 e. The highest BCUT2D eigenvalue weighted by Gasteiger charge is 2.25. The predicted molar refractivity (Wildman–Crippen MR) is 102 cm³/mol. The number of rotatable bonds is 11. The molecule has 0 unspecified atom stereocenters. The number of nitro groups is 1. The van der Waals surface area contributed by atoms with Crippen LogP contribution in [-0.2, 0) is 11.2 Å². The first-order chi connectivity index (χ1) is 14.7. The molecule has 0 aliphatic heterocycles. The van der Waals surface area contributed by atoms with Gasteiger partial charge in [0.1, 0.15) is 11.3 Å². The van der Waals surface area contributed by atoms with Gasteiger partial charge in [-0.05, 0) is 24.1 Å². The van der Waals surface area contributed by atoms with E-state index < -0.39 is 41.5 Å². The molecule has 2 aromatic rings.